The molecule has 0 bridgehead atoms. The molecule has 0 unspecified atom stereocenters. The van der Waals surface area contributed by atoms with E-state index in [4.69, 9.17) is 10.1 Å². The van der Waals surface area contributed by atoms with Crippen LogP contribution in [0.25, 0.3) is 10.6 Å². The summed E-state index contributed by atoms with van der Waals surface area (Å²) in [5.74, 6) is -1.09. The van der Waals surface area contributed by atoms with Gasteiger partial charge in [-0.2, -0.15) is 0 Å². The summed E-state index contributed by atoms with van der Waals surface area (Å²) in [5.41, 5.74) is 2.85. The Morgan fingerprint density at radius 2 is 1.89 bits per heavy atom. The Labute approximate surface area is 162 Å². The van der Waals surface area contributed by atoms with Crippen molar-refractivity contribution in [2.45, 2.75) is 44.7 Å². The van der Waals surface area contributed by atoms with Gasteiger partial charge in [-0.3, -0.25) is 9.59 Å². The predicted octanol–water partition coefficient (Wildman–Crippen LogP) is 2.83. The molecule has 0 saturated heterocycles. The van der Waals surface area contributed by atoms with Crippen molar-refractivity contribution in [2.75, 3.05) is 6.54 Å². The van der Waals surface area contributed by atoms with Gasteiger partial charge in [0.25, 0.3) is 5.91 Å². The first-order chi connectivity index (χ1) is 13.1. The Kier molecular flexibility index (Phi) is 5.22. The minimum Gasteiger partial charge on any atom is -0.481 e. The molecular formula is C20H23N3O3S. The number of fused-ring (bicyclic) bond motifs is 1. The SMILES string of the molecule is O=C(NC1CCC(C(=O)O)CC1)c1ccc(-c2nc3c(s2)CNCC3)cc1. The summed E-state index contributed by atoms with van der Waals surface area (Å²) < 4.78 is 0. The maximum atomic E-state index is 12.5. The number of hydrogen-bond acceptors (Lipinski definition) is 5. The monoisotopic (exact) mass is 385 g/mol. The second kappa shape index (κ2) is 7.78. The van der Waals surface area contributed by atoms with Gasteiger partial charge >= 0.3 is 5.97 Å². The van der Waals surface area contributed by atoms with Gasteiger partial charge in [0.05, 0.1) is 11.6 Å². The number of aliphatic carboxylic acids is 1. The minimum absolute atomic E-state index is 0.0611. The van der Waals surface area contributed by atoms with Gasteiger partial charge in [0.15, 0.2) is 0 Å². The van der Waals surface area contributed by atoms with Crippen LogP contribution in [0.4, 0.5) is 0 Å². The first-order valence-electron chi connectivity index (χ1n) is 9.43. The minimum atomic E-state index is -0.727. The van der Waals surface area contributed by atoms with Gasteiger partial charge in [-0.05, 0) is 37.8 Å². The molecule has 1 aliphatic carbocycles. The molecule has 2 aromatic rings. The molecule has 27 heavy (non-hydrogen) atoms. The number of carbonyl (C=O) groups excluding carboxylic acids is 1. The number of carboxylic acids is 1. The van der Waals surface area contributed by atoms with Gasteiger partial charge in [0.2, 0.25) is 0 Å². The summed E-state index contributed by atoms with van der Waals surface area (Å²) in [6, 6.07) is 7.64. The molecule has 142 valence electrons. The van der Waals surface area contributed by atoms with Crippen molar-refractivity contribution in [1.29, 1.82) is 0 Å². The molecule has 6 nitrogen and oxygen atoms in total. The van der Waals surface area contributed by atoms with E-state index in [2.05, 4.69) is 10.6 Å². The highest BCUT2D eigenvalue weighted by Crippen LogP contribution is 2.30. The van der Waals surface area contributed by atoms with Crippen LogP contribution in [0.15, 0.2) is 24.3 Å². The van der Waals surface area contributed by atoms with Gasteiger partial charge in [-0.1, -0.05) is 12.1 Å². The van der Waals surface area contributed by atoms with Gasteiger partial charge in [0, 0.05) is 41.6 Å². The molecule has 0 atom stereocenters. The number of rotatable bonds is 4. The molecule has 1 aromatic heterocycles. The fourth-order valence-corrected chi connectivity index (χ4v) is 4.85. The number of carboxylic acid groups (broad SMARTS) is 1. The Morgan fingerprint density at radius 3 is 2.56 bits per heavy atom. The molecule has 1 aliphatic heterocycles. The number of carbonyl (C=O) groups is 2. The first-order valence-corrected chi connectivity index (χ1v) is 10.2. The zero-order valence-electron chi connectivity index (χ0n) is 15.0. The summed E-state index contributed by atoms with van der Waals surface area (Å²) in [6.07, 6.45) is 3.67. The lowest BCUT2D eigenvalue weighted by atomic mass is 9.86. The van der Waals surface area contributed by atoms with Crippen molar-refractivity contribution in [3.05, 3.63) is 40.4 Å². The van der Waals surface area contributed by atoms with Crippen LogP contribution in [0.2, 0.25) is 0 Å². The van der Waals surface area contributed by atoms with Crippen molar-refractivity contribution in [2.24, 2.45) is 5.92 Å². The quantitative estimate of drug-likeness (QED) is 0.753. The van der Waals surface area contributed by atoms with Crippen LogP contribution in [0.3, 0.4) is 0 Å². The highest BCUT2D eigenvalue weighted by Gasteiger charge is 2.27. The Balaban J connectivity index is 1.38. The predicted molar refractivity (Wildman–Crippen MR) is 104 cm³/mol. The summed E-state index contributed by atoms with van der Waals surface area (Å²) in [6.45, 7) is 1.86. The van der Waals surface area contributed by atoms with E-state index < -0.39 is 5.97 Å². The van der Waals surface area contributed by atoms with Crippen molar-refractivity contribution in [3.63, 3.8) is 0 Å². The van der Waals surface area contributed by atoms with Crippen LogP contribution in [0.5, 0.6) is 0 Å². The standard InChI is InChI=1S/C20H23N3O3S/c24-18(22-15-7-5-14(6-8-15)20(25)26)12-1-3-13(4-2-12)19-23-16-9-10-21-11-17(16)27-19/h1-4,14-15,21H,5-11H2,(H,22,24)(H,25,26). The number of benzene rings is 1. The summed E-state index contributed by atoms with van der Waals surface area (Å²) in [4.78, 5) is 29.6. The Bertz CT molecular complexity index is 815. The van der Waals surface area contributed by atoms with Gasteiger partial charge in [-0.15, -0.1) is 11.3 Å². The van der Waals surface area contributed by atoms with Gasteiger partial charge in [-0.25, -0.2) is 4.98 Å². The van der Waals surface area contributed by atoms with Crippen LogP contribution in [0, 0.1) is 5.92 Å². The van der Waals surface area contributed by atoms with E-state index in [9.17, 15) is 9.59 Å². The second-order valence-electron chi connectivity index (χ2n) is 7.25. The average molecular weight is 385 g/mol. The molecule has 3 N–H and O–H groups in total. The summed E-state index contributed by atoms with van der Waals surface area (Å²) in [7, 11) is 0. The summed E-state index contributed by atoms with van der Waals surface area (Å²) >= 11 is 1.71. The van der Waals surface area contributed by atoms with Crippen molar-refractivity contribution in [1.82, 2.24) is 15.6 Å². The topological polar surface area (TPSA) is 91.3 Å². The van der Waals surface area contributed by atoms with Crippen molar-refractivity contribution >= 4 is 23.2 Å². The number of amides is 1. The third kappa shape index (κ3) is 4.04. The number of aromatic nitrogens is 1. The lowest BCUT2D eigenvalue weighted by molar-refractivity contribution is -0.142. The number of nitrogens with one attached hydrogen (secondary N) is 2. The van der Waals surface area contributed by atoms with E-state index in [1.165, 1.54) is 10.6 Å². The zero-order valence-corrected chi connectivity index (χ0v) is 15.8. The second-order valence-corrected chi connectivity index (χ2v) is 8.34. The van der Waals surface area contributed by atoms with Crippen LogP contribution in [-0.4, -0.2) is 34.6 Å². The van der Waals surface area contributed by atoms with Crippen LogP contribution < -0.4 is 10.6 Å². The maximum absolute atomic E-state index is 12.5. The third-order valence-corrected chi connectivity index (χ3v) is 6.55. The van der Waals surface area contributed by atoms with Crippen LogP contribution in [-0.2, 0) is 17.8 Å². The molecule has 0 radical (unpaired) electrons. The van der Waals surface area contributed by atoms with E-state index >= 15 is 0 Å². The van der Waals surface area contributed by atoms with E-state index in [0.717, 1.165) is 42.9 Å². The van der Waals surface area contributed by atoms with E-state index in [1.807, 2.05) is 24.3 Å². The number of hydrogen-bond donors (Lipinski definition) is 3. The molecular weight excluding hydrogens is 362 g/mol. The molecule has 1 saturated carbocycles. The van der Waals surface area contributed by atoms with E-state index in [1.54, 1.807) is 11.3 Å². The molecule has 1 amide bonds. The average Bonchev–Trinajstić information content (AvgIpc) is 3.13. The lowest BCUT2D eigenvalue weighted by Gasteiger charge is -2.26. The summed E-state index contributed by atoms with van der Waals surface area (Å²) in [5, 5.41) is 16.5. The zero-order chi connectivity index (χ0) is 18.8. The van der Waals surface area contributed by atoms with Crippen LogP contribution in [0.1, 0.15) is 46.6 Å². The molecule has 2 aliphatic rings. The Hall–Kier alpha value is -2.25. The fourth-order valence-electron chi connectivity index (χ4n) is 3.77. The van der Waals surface area contributed by atoms with E-state index in [-0.39, 0.29) is 17.9 Å². The Morgan fingerprint density at radius 1 is 1.15 bits per heavy atom. The van der Waals surface area contributed by atoms with Crippen molar-refractivity contribution in [3.8, 4) is 10.6 Å². The molecule has 1 fully saturated rings. The molecule has 7 heteroatoms. The molecule has 1 aromatic carbocycles. The number of thiazole rings is 1. The molecule has 4 rings (SSSR count). The normalized spacial score (nSPS) is 22.1. The number of nitrogens with zero attached hydrogens (tertiary/aromatic N) is 1. The van der Waals surface area contributed by atoms with Gasteiger partial charge in [0.1, 0.15) is 5.01 Å². The third-order valence-electron chi connectivity index (χ3n) is 5.41. The van der Waals surface area contributed by atoms with Crippen LogP contribution >= 0.6 is 11.3 Å². The smallest absolute Gasteiger partial charge is 0.306 e. The highest BCUT2D eigenvalue weighted by atomic mass is 32.1. The van der Waals surface area contributed by atoms with Gasteiger partial charge < -0.3 is 15.7 Å². The highest BCUT2D eigenvalue weighted by molar-refractivity contribution is 7.15. The van der Waals surface area contributed by atoms with E-state index in [0.29, 0.717) is 18.4 Å². The fraction of sp³-hybridized carbons (Fsp3) is 0.450. The lowest BCUT2D eigenvalue weighted by Crippen LogP contribution is -2.38. The van der Waals surface area contributed by atoms with Crippen molar-refractivity contribution < 1.29 is 14.7 Å². The molecule has 2 heterocycles. The first kappa shape index (κ1) is 18.1. The largest absolute Gasteiger partial charge is 0.481 e. The maximum Gasteiger partial charge on any atom is 0.306 e. The molecule has 0 spiro atoms.